The third-order valence-electron chi connectivity index (χ3n) is 6.48. The maximum absolute atomic E-state index is 12.4. The maximum Gasteiger partial charge on any atom is 0.274 e. The van der Waals surface area contributed by atoms with Gasteiger partial charge in [-0.2, -0.15) is 0 Å². The SMILES string of the molecule is Cn1cc(-c2cc(S(C)(=O)=O)ccc2OC2CCCCC2)c2cc[nH]c2c1=O.OC1CCC1. The third kappa shape index (κ3) is 5.33. The highest BCUT2D eigenvalue weighted by Crippen LogP contribution is 2.37. The number of aliphatic hydroxyl groups is 1. The average molecular weight is 473 g/mol. The quantitative estimate of drug-likeness (QED) is 0.593. The fourth-order valence-electron chi connectivity index (χ4n) is 4.29. The van der Waals surface area contributed by atoms with Crippen LogP contribution in [0.1, 0.15) is 51.4 Å². The van der Waals surface area contributed by atoms with E-state index in [0.717, 1.165) is 49.5 Å². The summed E-state index contributed by atoms with van der Waals surface area (Å²) in [6.07, 6.45) is 13.7. The zero-order chi connectivity index (χ0) is 23.6. The van der Waals surface area contributed by atoms with E-state index in [1.165, 1.54) is 23.7 Å². The van der Waals surface area contributed by atoms with Crippen LogP contribution >= 0.6 is 0 Å². The van der Waals surface area contributed by atoms with Crippen LogP contribution in [0.2, 0.25) is 0 Å². The second-order valence-corrected chi connectivity index (χ2v) is 11.1. The van der Waals surface area contributed by atoms with Crippen molar-refractivity contribution in [2.24, 2.45) is 7.05 Å². The molecule has 2 aromatic heterocycles. The molecule has 33 heavy (non-hydrogen) atoms. The lowest BCUT2D eigenvalue weighted by atomic mass is 9.97. The Morgan fingerprint density at radius 3 is 2.33 bits per heavy atom. The largest absolute Gasteiger partial charge is 0.490 e. The van der Waals surface area contributed by atoms with Gasteiger partial charge in [0.05, 0.1) is 17.1 Å². The number of ether oxygens (including phenoxy) is 1. The van der Waals surface area contributed by atoms with Crippen LogP contribution in [0.25, 0.3) is 22.0 Å². The Hall–Kier alpha value is -2.58. The molecule has 5 rings (SSSR count). The molecule has 2 aliphatic carbocycles. The Balaban J connectivity index is 0.000000459. The third-order valence-corrected chi connectivity index (χ3v) is 7.59. The molecule has 2 N–H and O–H groups in total. The number of H-pyrrole nitrogens is 1. The lowest BCUT2D eigenvalue weighted by Gasteiger charge is -2.25. The topological polar surface area (TPSA) is 101 Å². The van der Waals surface area contributed by atoms with Gasteiger partial charge < -0.3 is 19.4 Å². The number of rotatable bonds is 4. The summed E-state index contributed by atoms with van der Waals surface area (Å²) < 4.78 is 32.1. The number of pyridine rings is 1. The van der Waals surface area contributed by atoms with Crippen molar-refractivity contribution in [3.63, 3.8) is 0 Å². The first-order valence-corrected chi connectivity index (χ1v) is 13.5. The van der Waals surface area contributed by atoms with Crippen molar-refractivity contribution in [2.75, 3.05) is 6.26 Å². The van der Waals surface area contributed by atoms with E-state index in [9.17, 15) is 13.2 Å². The molecule has 0 bridgehead atoms. The molecule has 8 heteroatoms. The summed E-state index contributed by atoms with van der Waals surface area (Å²) in [6.45, 7) is 0. The van der Waals surface area contributed by atoms with Gasteiger partial charge in [0.2, 0.25) is 0 Å². The smallest absolute Gasteiger partial charge is 0.274 e. The number of fused-ring (bicyclic) bond motifs is 1. The van der Waals surface area contributed by atoms with Gasteiger partial charge in [0.15, 0.2) is 9.84 Å². The number of aromatic amines is 1. The van der Waals surface area contributed by atoms with Crippen LogP contribution in [0.15, 0.2) is 46.3 Å². The van der Waals surface area contributed by atoms with E-state index in [2.05, 4.69) is 4.98 Å². The summed E-state index contributed by atoms with van der Waals surface area (Å²) >= 11 is 0. The second kappa shape index (κ2) is 9.73. The summed E-state index contributed by atoms with van der Waals surface area (Å²) in [7, 11) is -1.68. The number of benzene rings is 1. The molecule has 0 amide bonds. The molecule has 0 radical (unpaired) electrons. The maximum atomic E-state index is 12.4. The molecule has 0 saturated heterocycles. The van der Waals surface area contributed by atoms with Gasteiger partial charge in [-0.25, -0.2) is 8.42 Å². The highest BCUT2D eigenvalue weighted by Gasteiger charge is 2.21. The molecule has 0 spiro atoms. The highest BCUT2D eigenvalue weighted by molar-refractivity contribution is 7.90. The Kier molecular flexibility index (Phi) is 6.95. The predicted molar refractivity (Wildman–Crippen MR) is 129 cm³/mol. The Morgan fingerprint density at radius 2 is 1.73 bits per heavy atom. The van der Waals surface area contributed by atoms with Crippen LogP contribution in [0.5, 0.6) is 5.75 Å². The van der Waals surface area contributed by atoms with Crippen molar-refractivity contribution in [3.05, 3.63) is 47.0 Å². The van der Waals surface area contributed by atoms with Crippen molar-refractivity contribution in [1.29, 1.82) is 0 Å². The van der Waals surface area contributed by atoms with Crippen molar-refractivity contribution in [3.8, 4) is 16.9 Å². The zero-order valence-corrected chi connectivity index (χ0v) is 20.0. The zero-order valence-electron chi connectivity index (χ0n) is 19.2. The summed E-state index contributed by atoms with van der Waals surface area (Å²) in [6, 6.07) is 6.82. The van der Waals surface area contributed by atoms with E-state index >= 15 is 0 Å². The molecular weight excluding hydrogens is 440 g/mol. The van der Waals surface area contributed by atoms with Gasteiger partial charge in [0, 0.05) is 42.2 Å². The number of aromatic nitrogens is 2. The number of hydrogen-bond donors (Lipinski definition) is 2. The highest BCUT2D eigenvalue weighted by atomic mass is 32.2. The van der Waals surface area contributed by atoms with Crippen molar-refractivity contribution in [1.82, 2.24) is 9.55 Å². The summed E-state index contributed by atoms with van der Waals surface area (Å²) in [5, 5.41) is 9.20. The Bertz CT molecular complexity index is 1280. The van der Waals surface area contributed by atoms with Crippen molar-refractivity contribution >= 4 is 20.7 Å². The predicted octanol–water partition coefficient (Wildman–Crippen LogP) is 4.18. The monoisotopic (exact) mass is 472 g/mol. The van der Waals surface area contributed by atoms with Crippen LogP contribution in [-0.2, 0) is 16.9 Å². The number of hydrogen-bond acceptors (Lipinski definition) is 5. The van der Waals surface area contributed by atoms with Gasteiger partial charge in [-0.3, -0.25) is 4.79 Å². The van der Waals surface area contributed by atoms with E-state index < -0.39 is 9.84 Å². The Morgan fingerprint density at radius 1 is 1.03 bits per heavy atom. The molecule has 2 fully saturated rings. The first-order valence-electron chi connectivity index (χ1n) is 11.6. The fourth-order valence-corrected chi connectivity index (χ4v) is 4.93. The molecule has 2 aliphatic rings. The van der Waals surface area contributed by atoms with Crippen LogP contribution in [0, 0.1) is 0 Å². The molecule has 2 saturated carbocycles. The second-order valence-electron chi connectivity index (χ2n) is 9.12. The number of nitrogens with one attached hydrogen (secondary N) is 1. The molecule has 2 heterocycles. The van der Waals surface area contributed by atoms with Gasteiger partial charge in [-0.05, 0) is 69.2 Å². The van der Waals surface area contributed by atoms with Crippen LogP contribution in [0.3, 0.4) is 0 Å². The van der Waals surface area contributed by atoms with Gasteiger partial charge in [-0.1, -0.05) is 6.42 Å². The molecule has 0 aliphatic heterocycles. The average Bonchev–Trinajstić information content (AvgIpc) is 3.26. The van der Waals surface area contributed by atoms with E-state index in [-0.39, 0.29) is 22.7 Å². The number of nitrogens with zero attached hydrogens (tertiary/aromatic N) is 1. The van der Waals surface area contributed by atoms with E-state index in [1.54, 1.807) is 37.6 Å². The minimum atomic E-state index is -3.37. The summed E-state index contributed by atoms with van der Waals surface area (Å²) in [5.41, 5.74) is 1.83. The molecular formula is C25H32N2O5S. The van der Waals surface area contributed by atoms with Gasteiger partial charge in [0.1, 0.15) is 11.3 Å². The lowest BCUT2D eigenvalue weighted by Crippen LogP contribution is -2.20. The number of sulfone groups is 1. The fraction of sp³-hybridized carbons (Fsp3) is 0.480. The van der Waals surface area contributed by atoms with Gasteiger partial charge in [0.25, 0.3) is 5.56 Å². The van der Waals surface area contributed by atoms with Crippen LogP contribution in [0.4, 0.5) is 0 Å². The molecule has 7 nitrogen and oxygen atoms in total. The Labute approximate surface area is 194 Å². The summed E-state index contributed by atoms with van der Waals surface area (Å²) in [4.78, 5) is 15.6. The minimum absolute atomic E-state index is 0.0648. The summed E-state index contributed by atoms with van der Waals surface area (Å²) in [5.74, 6) is 0.653. The van der Waals surface area contributed by atoms with Crippen LogP contribution < -0.4 is 10.3 Å². The van der Waals surface area contributed by atoms with Crippen molar-refractivity contribution < 1.29 is 18.3 Å². The van der Waals surface area contributed by atoms with E-state index in [4.69, 9.17) is 9.84 Å². The number of aryl methyl sites for hydroxylation is 1. The first kappa shape index (κ1) is 23.6. The van der Waals surface area contributed by atoms with Gasteiger partial charge in [-0.15, -0.1) is 0 Å². The van der Waals surface area contributed by atoms with Crippen molar-refractivity contribution in [2.45, 2.75) is 68.5 Å². The normalized spacial score (nSPS) is 17.3. The molecule has 1 aromatic carbocycles. The molecule has 178 valence electrons. The van der Waals surface area contributed by atoms with E-state index in [1.807, 2.05) is 6.07 Å². The molecule has 3 aromatic rings. The minimum Gasteiger partial charge on any atom is -0.490 e. The molecule has 0 atom stereocenters. The number of aliphatic hydroxyl groups excluding tert-OH is 1. The molecule has 0 unspecified atom stereocenters. The van der Waals surface area contributed by atoms with E-state index in [0.29, 0.717) is 16.8 Å². The van der Waals surface area contributed by atoms with Gasteiger partial charge >= 0.3 is 0 Å². The standard InChI is InChI=1S/C21H24N2O4S.C4H8O/c1-23-13-18(16-10-11-22-20(16)21(23)24)17-12-15(28(2,25)26)8-9-19(17)27-14-6-4-3-5-7-14;5-4-2-1-3-4/h8-14,22H,3-7H2,1-2H3;4-5H,1-3H2. The first-order chi connectivity index (χ1) is 15.7. The lowest BCUT2D eigenvalue weighted by molar-refractivity contribution is 0.0950. The van der Waals surface area contributed by atoms with Crippen LogP contribution in [-0.4, -0.2) is 41.5 Å².